The lowest BCUT2D eigenvalue weighted by atomic mass is 9.46. The lowest BCUT2D eigenvalue weighted by molar-refractivity contribution is -0.137. The van der Waals surface area contributed by atoms with Gasteiger partial charge in [-0.3, -0.25) is 4.79 Å². The van der Waals surface area contributed by atoms with Crippen LogP contribution in [-0.2, 0) is 8.98 Å². The molecule has 5 unspecified atom stereocenters. The summed E-state index contributed by atoms with van der Waals surface area (Å²) in [6.45, 7) is 4.83. The van der Waals surface area contributed by atoms with Gasteiger partial charge < -0.3 is 4.18 Å². The van der Waals surface area contributed by atoms with Crippen LogP contribution in [0.4, 0.5) is 0 Å². The van der Waals surface area contributed by atoms with Gasteiger partial charge in [-0.25, -0.2) is 0 Å². The highest BCUT2D eigenvalue weighted by Gasteiger charge is 2.59. The van der Waals surface area contributed by atoms with Gasteiger partial charge in [-0.15, -0.1) is 0 Å². The number of carbonyl (C=O) groups is 1. The first-order chi connectivity index (χ1) is 11.0. The normalized spacial score (nSPS) is 52.7. The third-order valence-electron chi connectivity index (χ3n) is 8.33. The summed E-state index contributed by atoms with van der Waals surface area (Å²) >= 11 is 2.25. The van der Waals surface area contributed by atoms with Gasteiger partial charge >= 0.3 is 0 Å². The average Bonchev–Trinajstić information content (AvgIpc) is 2.82. The molecule has 2 nitrogen and oxygen atoms in total. The van der Waals surface area contributed by atoms with Crippen LogP contribution < -0.4 is 0 Å². The van der Waals surface area contributed by atoms with E-state index in [9.17, 15) is 4.79 Å². The molecule has 0 heterocycles. The van der Waals surface area contributed by atoms with Crippen molar-refractivity contribution in [1.29, 1.82) is 0 Å². The molecule has 7 atom stereocenters. The summed E-state index contributed by atoms with van der Waals surface area (Å²) in [7, 11) is 1.51. The Hall–Kier alpha value is 0.710. The Bertz CT molecular complexity index is 498. The number of halogens is 1. The first kappa shape index (κ1) is 17.1. The zero-order chi connectivity index (χ0) is 16.2. The molecule has 0 bridgehead atoms. The standard InChI is InChI=1S/C19H29IO2S/c1-18-9-7-14-13(15(18)4-3-12(11-18)22-23-20)8-10-19(2)16(14)5-6-17(19)21/h12-16H,3-11H2,1-2H3/t12-,13?,14?,15?,16?,18-,19?/m1/s1. The third-order valence-corrected chi connectivity index (χ3v) is 9.30. The van der Waals surface area contributed by atoms with E-state index in [2.05, 4.69) is 35.1 Å². The van der Waals surface area contributed by atoms with E-state index in [-0.39, 0.29) is 5.41 Å². The van der Waals surface area contributed by atoms with Crippen LogP contribution in [0.15, 0.2) is 0 Å². The molecule has 23 heavy (non-hydrogen) atoms. The molecule has 0 aromatic carbocycles. The Labute approximate surface area is 157 Å². The number of hydrogen-bond donors (Lipinski definition) is 0. The van der Waals surface area contributed by atoms with Crippen LogP contribution >= 0.6 is 30.4 Å². The summed E-state index contributed by atoms with van der Waals surface area (Å²) < 4.78 is 5.89. The molecule has 0 aromatic rings. The number of rotatable bonds is 2. The van der Waals surface area contributed by atoms with Crippen molar-refractivity contribution in [3.05, 3.63) is 0 Å². The molecule has 0 saturated heterocycles. The molecule has 0 radical (unpaired) electrons. The number of Topliss-reactive ketones (excluding diaryl/α,β-unsaturated/α-hetero) is 1. The monoisotopic (exact) mass is 448 g/mol. The summed E-state index contributed by atoms with van der Waals surface area (Å²) in [5, 5.41) is 0. The van der Waals surface area contributed by atoms with Gasteiger partial charge in [0.05, 0.1) is 15.3 Å². The molecule has 130 valence electrons. The summed E-state index contributed by atoms with van der Waals surface area (Å²) in [5.74, 6) is 3.85. The van der Waals surface area contributed by atoms with Crippen LogP contribution in [0.1, 0.15) is 71.6 Å². The van der Waals surface area contributed by atoms with Gasteiger partial charge in [-0.1, -0.05) is 13.8 Å². The Morgan fingerprint density at radius 2 is 1.78 bits per heavy atom. The highest BCUT2D eigenvalue weighted by Crippen LogP contribution is 2.64. The van der Waals surface area contributed by atoms with E-state index in [0.717, 1.165) is 30.6 Å². The highest BCUT2D eigenvalue weighted by atomic mass is 127. The van der Waals surface area contributed by atoms with Crippen molar-refractivity contribution in [3.63, 3.8) is 0 Å². The van der Waals surface area contributed by atoms with Gasteiger partial charge in [-0.2, -0.15) is 0 Å². The van der Waals surface area contributed by atoms with Crippen LogP contribution in [-0.4, -0.2) is 11.9 Å². The minimum Gasteiger partial charge on any atom is -0.302 e. The van der Waals surface area contributed by atoms with E-state index in [1.807, 2.05) is 0 Å². The van der Waals surface area contributed by atoms with E-state index in [1.165, 1.54) is 54.2 Å². The van der Waals surface area contributed by atoms with Gasteiger partial charge in [0.1, 0.15) is 5.78 Å². The van der Waals surface area contributed by atoms with E-state index >= 15 is 0 Å². The van der Waals surface area contributed by atoms with E-state index in [1.54, 1.807) is 0 Å². The summed E-state index contributed by atoms with van der Waals surface area (Å²) in [6.07, 6.45) is 11.5. The van der Waals surface area contributed by atoms with Gasteiger partial charge in [0, 0.05) is 33.0 Å². The van der Waals surface area contributed by atoms with Crippen molar-refractivity contribution in [3.8, 4) is 0 Å². The molecule has 4 aliphatic carbocycles. The largest absolute Gasteiger partial charge is 0.302 e. The first-order valence-corrected chi connectivity index (χ1v) is 12.7. The molecule has 0 amide bonds. The van der Waals surface area contributed by atoms with Crippen molar-refractivity contribution in [1.82, 2.24) is 0 Å². The molecule has 4 aliphatic rings. The quantitative estimate of drug-likeness (QED) is 0.384. The average molecular weight is 448 g/mol. The lowest BCUT2D eigenvalue weighted by Crippen LogP contribution is -2.52. The van der Waals surface area contributed by atoms with Crippen LogP contribution in [0.2, 0.25) is 0 Å². The molecule has 0 aliphatic heterocycles. The number of hydrogen-bond acceptors (Lipinski definition) is 3. The lowest BCUT2D eigenvalue weighted by Gasteiger charge is -2.58. The van der Waals surface area contributed by atoms with E-state index in [4.69, 9.17) is 4.18 Å². The zero-order valence-corrected chi connectivity index (χ0v) is 17.3. The number of carbonyl (C=O) groups excluding carboxylic acids is 1. The van der Waals surface area contributed by atoms with Gasteiger partial charge in [0.15, 0.2) is 0 Å². The molecule has 0 spiro atoms. The van der Waals surface area contributed by atoms with Crippen molar-refractivity contribution in [2.24, 2.45) is 34.5 Å². The maximum atomic E-state index is 12.4. The van der Waals surface area contributed by atoms with Gasteiger partial charge in [-0.05, 0) is 80.5 Å². The Morgan fingerprint density at radius 1 is 1.04 bits per heavy atom. The van der Waals surface area contributed by atoms with Crippen molar-refractivity contribution in [2.45, 2.75) is 77.7 Å². The van der Waals surface area contributed by atoms with Crippen LogP contribution in [0.25, 0.3) is 0 Å². The van der Waals surface area contributed by atoms with Crippen LogP contribution in [0, 0.1) is 34.5 Å². The predicted octanol–water partition coefficient (Wildman–Crippen LogP) is 5.98. The molecule has 4 rings (SSSR count). The fourth-order valence-electron chi connectivity index (χ4n) is 7.14. The maximum Gasteiger partial charge on any atom is 0.139 e. The second kappa shape index (κ2) is 6.15. The molecular formula is C19H29IO2S. The Kier molecular flexibility index (Phi) is 4.59. The predicted molar refractivity (Wildman–Crippen MR) is 103 cm³/mol. The topological polar surface area (TPSA) is 26.3 Å². The van der Waals surface area contributed by atoms with E-state index < -0.39 is 0 Å². The highest BCUT2D eigenvalue weighted by molar-refractivity contribution is 14.2. The SMILES string of the molecule is CC12CCC3C(CC[C@]4(C)C[C@H](OSI)CCC34)C1CCC2=O. The molecule has 0 N–H and O–H groups in total. The molecular weight excluding hydrogens is 419 g/mol. The molecule has 4 saturated carbocycles. The fourth-order valence-corrected chi connectivity index (χ4v) is 8.29. The fraction of sp³-hybridized carbons (Fsp3) is 0.947. The summed E-state index contributed by atoms with van der Waals surface area (Å²) in [6, 6.07) is 0. The first-order valence-electron chi connectivity index (χ1n) is 9.45. The van der Waals surface area contributed by atoms with Gasteiger partial charge in [0.25, 0.3) is 0 Å². The molecule has 4 heteroatoms. The van der Waals surface area contributed by atoms with E-state index in [0.29, 0.717) is 23.2 Å². The van der Waals surface area contributed by atoms with Crippen molar-refractivity contribution < 1.29 is 8.98 Å². The Balaban J connectivity index is 1.55. The number of ketones is 1. The second-order valence-electron chi connectivity index (χ2n) is 9.21. The van der Waals surface area contributed by atoms with Crippen LogP contribution in [0.5, 0.6) is 0 Å². The second-order valence-corrected chi connectivity index (χ2v) is 10.6. The molecule has 4 fully saturated rings. The smallest absolute Gasteiger partial charge is 0.139 e. The third kappa shape index (κ3) is 2.64. The van der Waals surface area contributed by atoms with Crippen molar-refractivity contribution in [2.75, 3.05) is 0 Å². The zero-order valence-electron chi connectivity index (χ0n) is 14.4. The Morgan fingerprint density at radius 3 is 2.57 bits per heavy atom. The minimum atomic E-state index is 0.0348. The summed E-state index contributed by atoms with van der Waals surface area (Å²) in [5.41, 5.74) is 0.514. The number of fused-ring (bicyclic) bond motifs is 5. The van der Waals surface area contributed by atoms with Crippen molar-refractivity contribution >= 4 is 36.2 Å². The van der Waals surface area contributed by atoms with Crippen LogP contribution in [0.3, 0.4) is 0 Å². The van der Waals surface area contributed by atoms with Gasteiger partial charge in [0.2, 0.25) is 0 Å². The molecule has 0 aromatic heterocycles. The summed E-state index contributed by atoms with van der Waals surface area (Å²) in [4.78, 5) is 12.4. The maximum absolute atomic E-state index is 12.4. The minimum absolute atomic E-state index is 0.0348.